The minimum atomic E-state index is -0.117. The monoisotopic (exact) mass is 428 g/mol. The van der Waals surface area contributed by atoms with E-state index in [4.69, 9.17) is 15.8 Å². The molecule has 1 amide bonds. The summed E-state index contributed by atoms with van der Waals surface area (Å²) < 4.78 is 1.84. The average molecular weight is 429 g/mol. The van der Waals surface area contributed by atoms with E-state index in [0.717, 1.165) is 61.1 Å². The van der Waals surface area contributed by atoms with Gasteiger partial charge >= 0.3 is 0 Å². The summed E-state index contributed by atoms with van der Waals surface area (Å²) >= 11 is 0. The lowest BCUT2D eigenvalue weighted by atomic mass is 9.97. The molecule has 0 bridgehead atoms. The maximum absolute atomic E-state index is 13.4. The van der Waals surface area contributed by atoms with Crippen molar-refractivity contribution in [3.05, 3.63) is 64.6 Å². The Labute approximate surface area is 187 Å². The van der Waals surface area contributed by atoms with Crippen molar-refractivity contribution in [1.29, 1.82) is 5.26 Å². The number of aryl methyl sites for hydroxylation is 1. The molecule has 1 saturated heterocycles. The van der Waals surface area contributed by atoms with Crippen molar-refractivity contribution >= 4 is 11.6 Å². The van der Waals surface area contributed by atoms with Crippen LogP contribution in [0.3, 0.4) is 0 Å². The van der Waals surface area contributed by atoms with Gasteiger partial charge in [-0.2, -0.15) is 10.4 Å². The molecule has 3 heterocycles. The summed E-state index contributed by atoms with van der Waals surface area (Å²) in [5.74, 6) is 0.303. The molecule has 1 aliphatic carbocycles. The number of piperidine rings is 1. The zero-order chi connectivity index (χ0) is 22.2. The highest BCUT2D eigenvalue weighted by Crippen LogP contribution is 2.36. The van der Waals surface area contributed by atoms with Crippen molar-refractivity contribution in [2.45, 2.75) is 63.5 Å². The predicted octanol–water partition coefficient (Wildman–Crippen LogP) is 3.87. The Morgan fingerprint density at radius 2 is 2.06 bits per heavy atom. The first-order valence-corrected chi connectivity index (χ1v) is 11.5. The molecule has 1 aromatic carbocycles. The molecule has 2 N–H and O–H groups in total. The fourth-order valence-corrected chi connectivity index (χ4v) is 5.29. The summed E-state index contributed by atoms with van der Waals surface area (Å²) in [7, 11) is 0. The number of hydrogen-bond acceptors (Lipinski definition) is 5. The Bertz CT molecular complexity index is 1210. The maximum Gasteiger partial charge on any atom is 0.255 e. The summed E-state index contributed by atoms with van der Waals surface area (Å²) in [5, 5.41) is 14.3. The number of carbonyl (C=O) groups is 1. The van der Waals surface area contributed by atoms with Gasteiger partial charge in [0, 0.05) is 30.8 Å². The van der Waals surface area contributed by atoms with Crippen LogP contribution in [0.4, 0.5) is 0 Å². The summed E-state index contributed by atoms with van der Waals surface area (Å²) in [6.07, 6.45) is 8.00. The summed E-state index contributed by atoms with van der Waals surface area (Å²) in [6.45, 7) is 2.75. The molecule has 2 aliphatic rings. The lowest BCUT2D eigenvalue weighted by molar-refractivity contribution is 0.0605. The Morgan fingerprint density at radius 3 is 2.84 bits per heavy atom. The second-order valence-corrected chi connectivity index (χ2v) is 9.12. The molecule has 2 fully saturated rings. The molecule has 164 valence electrons. The van der Waals surface area contributed by atoms with Gasteiger partial charge in [-0.3, -0.25) is 4.79 Å². The van der Waals surface area contributed by atoms with Gasteiger partial charge < -0.3 is 10.6 Å². The maximum atomic E-state index is 13.4. The highest BCUT2D eigenvalue weighted by molar-refractivity contribution is 5.97. The number of benzene rings is 1. The molecule has 7 nitrogen and oxygen atoms in total. The SMILES string of the molecule is Cc1cn2nc(C3CCCCN3C(=O)c3ccccc3C#N)cc2nc1C1CCC(N)C1. The Hall–Kier alpha value is -3.24. The Morgan fingerprint density at radius 1 is 1.22 bits per heavy atom. The molecular formula is C25H28N6O. The normalized spacial score (nSPS) is 23.4. The van der Waals surface area contributed by atoms with Crippen molar-refractivity contribution in [2.75, 3.05) is 6.54 Å². The molecule has 5 rings (SSSR count). The molecule has 3 atom stereocenters. The zero-order valence-electron chi connectivity index (χ0n) is 18.4. The number of nitriles is 1. The van der Waals surface area contributed by atoms with Crippen LogP contribution in [0.25, 0.3) is 5.65 Å². The third-order valence-electron chi connectivity index (χ3n) is 6.93. The van der Waals surface area contributed by atoms with Crippen LogP contribution in [-0.4, -0.2) is 38.0 Å². The van der Waals surface area contributed by atoms with Gasteiger partial charge in [0.2, 0.25) is 0 Å². The lowest BCUT2D eigenvalue weighted by Gasteiger charge is -2.35. The van der Waals surface area contributed by atoms with E-state index in [1.807, 2.05) is 21.7 Å². The molecular weight excluding hydrogens is 400 g/mol. The highest BCUT2D eigenvalue weighted by atomic mass is 16.2. The van der Waals surface area contributed by atoms with E-state index in [-0.39, 0.29) is 18.0 Å². The minimum Gasteiger partial charge on any atom is -0.330 e. The number of nitrogens with two attached hydrogens (primary N) is 1. The first-order valence-electron chi connectivity index (χ1n) is 11.5. The molecule has 1 saturated carbocycles. The van der Waals surface area contributed by atoms with Crippen LogP contribution < -0.4 is 5.73 Å². The number of rotatable bonds is 3. The Kier molecular flexibility index (Phi) is 5.40. The molecule has 3 unspecified atom stereocenters. The lowest BCUT2D eigenvalue weighted by Crippen LogP contribution is -2.39. The number of amides is 1. The number of nitrogens with zero attached hydrogens (tertiary/aromatic N) is 5. The molecule has 0 spiro atoms. The minimum absolute atomic E-state index is 0.103. The molecule has 2 aromatic heterocycles. The van der Waals surface area contributed by atoms with Crippen molar-refractivity contribution in [3.8, 4) is 6.07 Å². The standard InChI is InChI=1S/C25H28N6O/c1-16-15-31-23(28-24(16)17-9-10-19(27)12-17)13-21(29-31)22-8-4-5-11-30(22)25(32)20-7-3-2-6-18(20)14-26/h2-3,6-7,13,15,17,19,22H,4-5,8-12,27H2,1H3. The molecule has 3 aromatic rings. The number of aromatic nitrogens is 3. The van der Waals surface area contributed by atoms with Gasteiger partial charge in [0.25, 0.3) is 5.91 Å². The smallest absolute Gasteiger partial charge is 0.255 e. The zero-order valence-corrected chi connectivity index (χ0v) is 18.4. The topological polar surface area (TPSA) is 100 Å². The second-order valence-electron chi connectivity index (χ2n) is 9.12. The molecule has 32 heavy (non-hydrogen) atoms. The van der Waals surface area contributed by atoms with Crippen LogP contribution in [0.5, 0.6) is 0 Å². The van der Waals surface area contributed by atoms with Gasteiger partial charge in [-0.25, -0.2) is 9.50 Å². The fraction of sp³-hybridized carbons (Fsp3) is 0.440. The van der Waals surface area contributed by atoms with Crippen LogP contribution in [0.2, 0.25) is 0 Å². The van der Waals surface area contributed by atoms with E-state index in [2.05, 4.69) is 13.0 Å². The number of hydrogen-bond donors (Lipinski definition) is 1. The first-order chi connectivity index (χ1) is 15.5. The summed E-state index contributed by atoms with van der Waals surface area (Å²) in [5.41, 5.74) is 10.9. The fourth-order valence-electron chi connectivity index (χ4n) is 5.29. The molecule has 0 radical (unpaired) electrons. The quantitative estimate of drug-likeness (QED) is 0.682. The van der Waals surface area contributed by atoms with Crippen molar-refractivity contribution in [2.24, 2.45) is 5.73 Å². The number of likely N-dealkylation sites (tertiary alicyclic amines) is 1. The number of carbonyl (C=O) groups excluding carboxylic acids is 1. The van der Waals surface area contributed by atoms with Crippen LogP contribution in [-0.2, 0) is 0 Å². The van der Waals surface area contributed by atoms with E-state index in [1.165, 1.54) is 0 Å². The van der Waals surface area contributed by atoms with Crippen molar-refractivity contribution in [1.82, 2.24) is 19.5 Å². The average Bonchev–Trinajstić information content (AvgIpc) is 3.43. The summed E-state index contributed by atoms with van der Waals surface area (Å²) in [6, 6.07) is 11.3. The predicted molar refractivity (Wildman–Crippen MR) is 121 cm³/mol. The van der Waals surface area contributed by atoms with Crippen molar-refractivity contribution in [3.63, 3.8) is 0 Å². The third-order valence-corrected chi connectivity index (χ3v) is 6.93. The largest absolute Gasteiger partial charge is 0.330 e. The molecule has 7 heteroatoms. The number of fused-ring (bicyclic) bond motifs is 1. The van der Waals surface area contributed by atoms with Crippen LogP contribution >= 0.6 is 0 Å². The van der Waals surface area contributed by atoms with E-state index in [1.54, 1.807) is 24.3 Å². The van der Waals surface area contributed by atoms with E-state index >= 15 is 0 Å². The summed E-state index contributed by atoms with van der Waals surface area (Å²) in [4.78, 5) is 20.2. The van der Waals surface area contributed by atoms with Crippen LogP contribution in [0.1, 0.15) is 83.4 Å². The van der Waals surface area contributed by atoms with Crippen LogP contribution in [0, 0.1) is 18.3 Å². The second kappa shape index (κ2) is 8.36. The first kappa shape index (κ1) is 20.7. The van der Waals surface area contributed by atoms with E-state index in [0.29, 0.717) is 23.6 Å². The Balaban J connectivity index is 1.49. The third kappa shape index (κ3) is 3.65. The molecule has 1 aliphatic heterocycles. The van der Waals surface area contributed by atoms with E-state index in [9.17, 15) is 10.1 Å². The van der Waals surface area contributed by atoms with Crippen molar-refractivity contribution < 1.29 is 4.79 Å². The van der Waals surface area contributed by atoms with E-state index < -0.39 is 0 Å². The van der Waals surface area contributed by atoms with Gasteiger partial charge in [-0.15, -0.1) is 0 Å². The van der Waals surface area contributed by atoms with Gasteiger partial charge in [0.05, 0.1) is 34.6 Å². The van der Waals surface area contributed by atoms with Gasteiger partial charge in [-0.1, -0.05) is 12.1 Å². The van der Waals surface area contributed by atoms with Gasteiger partial charge in [-0.05, 0) is 63.1 Å². The van der Waals surface area contributed by atoms with Gasteiger partial charge in [0.15, 0.2) is 5.65 Å². The highest BCUT2D eigenvalue weighted by Gasteiger charge is 2.32. The van der Waals surface area contributed by atoms with Crippen LogP contribution in [0.15, 0.2) is 36.5 Å². The van der Waals surface area contributed by atoms with Gasteiger partial charge in [0.1, 0.15) is 0 Å².